The lowest BCUT2D eigenvalue weighted by atomic mass is 10.4. The minimum Gasteiger partial charge on any atom is -0.463 e. The molecule has 0 amide bonds. The van der Waals surface area contributed by atoms with E-state index < -0.39 is 35.2 Å². The highest BCUT2D eigenvalue weighted by molar-refractivity contribution is 6.21. The van der Waals surface area contributed by atoms with E-state index in [1.807, 2.05) is 0 Å². The summed E-state index contributed by atoms with van der Waals surface area (Å²) in [5, 5.41) is 3.10. The second-order valence-corrected chi connectivity index (χ2v) is 5.48. The summed E-state index contributed by atoms with van der Waals surface area (Å²) in [5.74, 6) is -3.92. The van der Waals surface area contributed by atoms with Gasteiger partial charge in [-0.1, -0.05) is 6.58 Å². The molecule has 0 unspecified atom stereocenters. The lowest BCUT2D eigenvalue weighted by Crippen LogP contribution is -2.39. The predicted molar refractivity (Wildman–Crippen MR) is 87.0 cm³/mol. The van der Waals surface area contributed by atoms with Crippen LogP contribution in [-0.2, 0) is 10.1 Å². The molecule has 1 aromatic heterocycles. The van der Waals surface area contributed by atoms with Crippen LogP contribution in [0.5, 0.6) is 0 Å². The van der Waals surface area contributed by atoms with Crippen LogP contribution in [0.1, 0.15) is 25.5 Å². The molecule has 0 aliphatic heterocycles. The van der Waals surface area contributed by atoms with Crippen molar-refractivity contribution in [2.24, 2.45) is 4.99 Å². The van der Waals surface area contributed by atoms with Gasteiger partial charge in [0.2, 0.25) is 11.7 Å². The van der Waals surface area contributed by atoms with Gasteiger partial charge in [0.05, 0.1) is 6.21 Å². The van der Waals surface area contributed by atoms with Crippen LogP contribution in [0.25, 0.3) is 0 Å². The molecule has 1 rings (SSSR count). The predicted octanol–water partition coefficient (Wildman–Crippen LogP) is 3.86. The lowest BCUT2D eigenvalue weighted by molar-refractivity contribution is -0.204. The standard InChI is InChI=1S/C14H16ClF6N5O/c1-5-9(16)11(27-8(3)14(19,20)21)25(4)26-10(7-22-6-2)23-24-12(26)13(15,17)18/h5,7-8H,1,6H2,2-4H3/b11-9-,22-7?/t8-/m0/s1. The van der Waals surface area contributed by atoms with Gasteiger partial charge in [0.25, 0.3) is 0 Å². The molecule has 152 valence electrons. The summed E-state index contributed by atoms with van der Waals surface area (Å²) < 4.78 is 84.8. The van der Waals surface area contributed by atoms with Crippen molar-refractivity contribution in [2.45, 2.75) is 31.5 Å². The molecular weight excluding hydrogens is 404 g/mol. The number of nitrogens with zero attached hydrogens (tertiary/aromatic N) is 5. The summed E-state index contributed by atoms with van der Waals surface area (Å²) in [6.07, 6.45) is -5.72. The van der Waals surface area contributed by atoms with E-state index in [-0.39, 0.29) is 12.4 Å². The van der Waals surface area contributed by atoms with E-state index in [9.17, 15) is 26.3 Å². The summed E-state index contributed by atoms with van der Waals surface area (Å²) in [6, 6.07) is 0. The fraction of sp³-hybridized carbons (Fsp3) is 0.500. The van der Waals surface area contributed by atoms with E-state index in [0.29, 0.717) is 22.7 Å². The molecule has 0 spiro atoms. The highest BCUT2D eigenvalue weighted by atomic mass is 35.5. The van der Waals surface area contributed by atoms with E-state index in [4.69, 9.17) is 11.6 Å². The Morgan fingerprint density at radius 2 is 1.96 bits per heavy atom. The van der Waals surface area contributed by atoms with Gasteiger partial charge >= 0.3 is 11.6 Å². The SMILES string of the molecule is C=C/C(F)=C(/O[C@@H](C)C(F)(F)F)N(C)n1c(C=NCC)nnc1C(F)(F)Cl. The molecule has 0 N–H and O–H groups in total. The summed E-state index contributed by atoms with van der Waals surface area (Å²) in [5.41, 5.74) is 0. The molecule has 1 atom stereocenters. The fourth-order valence-corrected chi connectivity index (χ4v) is 1.84. The van der Waals surface area contributed by atoms with Crippen molar-refractivity contribution in [3.05, 3.63) is 36.0 Å². The first-order valence-electron chi connectivity index (χ1n) is 7.36. The van der Waals surface area contributed by atoms with Crippen LogP contribution in [-0.4, -0.2) is 47.0 Å². The zero-order chi connectivity index (χ0) is 21.0. The van der Waals surface area contributed by atoms with Gasteiger partial charge in [-0.25, -0.2) is 14.1 Å². The zero-order valence-electron chi connectivity index (χ0n) is 14.4. The fourth-order valence-electron chi connectivity index (χ4n) is 1.72. The summed E-state index contributed by atoms with van der Waals surface area (Å²) >= 11 is 4.97. The van der Waals surface area contributed by atoms with E-state index >= 15 is 0 Å². The van der Waals surface area contributed by atoms with Gasteiger partial charge in [0.1, 0.15) is 0 Å². The molecule has 6 nitrogen and oxygen atoms in total. The molecule has 0 aliphatic carbocycles. The third-order valence-corrected chi connectivity index (χ3v) is 3.20. The average molecular weight is 420 g/mol. The number of ether oxygens (including phenoxy) is 1. The molecule has 27 heavy (non-hydrogen) atoms. The Labute approximate surface area is 155 Å². The first kappa shape index (κ1) is 22.8. The quantitative estimate of drug-likeness (QED) is 0.211. The van der Waals surface area contributed by atoms with Gasteiger partial charge < -0.3 is 4.74 Å². The van der Waals surface area contributed by atoms with E-state index in [1.54, 1.807) is 6.92 Å². The van der Waals surface area contributed by atoms with Crippen LogP contribution in [0.15, 0.2) is 29.4 Å². The number of hydrogen-bond donors (Lipinski definition) is 0. The maximum absolute atomic E-state index is 14.1. The van der Waals surface area contributed by atoms with Gasteiger partial charge in [-0.3, -0.25) is 4.99 Å². The minimum atomic E-state index is -4.84. The Balaban J connectivity index is 3.53. The van der Waals surface area contributed by atoms with Gasteiger partial charge in [-0.05, 0) is 31.5 Å². The topological polar surface area (TPSA) is 55.5 Å². The summed E-state index contributed by atoms with van der Waals surface area (Å²) in [7, 11) is 0.959. The van der Waals surface area contributed by atoms with Gasteiger partial charge in [0, 0.05) is 13.6 Å². The molecule has 0 aromatic carbocycles. The number of halogens is 7. The first-order chi connectivity index (χ1) is 12.3. The van der Waals surface area contributed by atoms with Crippen LogP contribution in [0, 0.1) is 0 Å². The van der Waals surface area contributed by atoms with E-state index in [1.165, 1.54) is 0 Å². The van der Waals surface area contributed by atoms with Crippen molar-refractivity contribution in [3.8, 4) is 0 Å². The number of allylic oxidation sites excluding steroid dienone is 2. The van der Waals surface area contributed by atoms with Crippen molar-refractivity contribution >= 4 is 17.8 Å². The van der Waals surface area contributed by atoms with Gasteiger partial charge in [0.15, 0.2) is 17.8 Å². The van der Waals surface area contributed by atoms with E-state index in [0.717, 1.165) is 13.3 Å². The number of alkyl halides is 6. The number of hydrogen-bond acceptors (Lipinski definition) is 5. The van der Waals surface area contributed by atoms with Gasteiger partial charge in [-0.2, -0.15) is 22.0 Å². The maximum atomic E-state index is 14.1. The average Bonchev–Trinajstić information content (AvgIpc) is 2.99. The van der Waals surface area contributed by atoms with Gasteiger partial charge in [-0.15, -0.1) is 10.2 Å². The first-order valence-corrected chi connectivity index (χ1v) is 7.74. The smallest absolute Gasteiger partial charge is 0.425 e. The monoisotopic (exact) mass is 419 g/mol. The van der Waals surface area contributed by atoms with Crippen molar-refractivity contribution in [3.63, 3.8) is 0 Å². The highest BCUT2D eigenvalue weighted by Crippen LogP contribution is 2.32. The second kappa shape index (κ2) is 8.63. The Morgan fingerprint density at radius 3 is 2.41 bits per heavy atom. The molecule has 1 heterocycles. The van der Waals surface area contributed by atoms with Crippen molar-refractivity contribution in [2.75, 3.05) is 18.6 Å². The summed E-state index contributed by atoms with van der Waals surface area (Å²) in [4.78, 5) is 3.79. The Kier molecular flexibility index (Phi) is 7.29. The molecule has 0 bridgehead atoms. The molecule has 0 radical (unpaired) electrons. The number of rotatable bonds is 8. The molecule has 0 saturated carbocycles. The van der Waals surface area contributed by atoms with Crippen molar-refractivity contribution in [1.82, 2.24) is 14.9 Å². The molecule has 1 aromatic rings. The van der Waals surface area contributed by atoms with Crippen molar-refractivity contribution < 1.29 is 31.1 Å². The highest BCUT2D eigenvalue weighted by Gasteiger charge is 2.41. The van der Waals surface area contributed by atoms with Crippen LogP contribution in [0.3, 0.4) is 0 Å². The van der Waals surface area contributed by atoms with Crippen molar-refractivity contribution in [1.29, 1.82) is 0 Å². The molecular formula is C14H16ClF6N5O. The third kappa shape index (κ3) is 5.62. The maximum Gasteiger partial charge on any atom is 0.425 e. The van der Waals surface area contributed by atoms with Crippen LogP contribution in [0.2, 0.25) is 0 Å². The lowest BCUT2D eigenvalue weighted by Gasteiger charge is -2.28. The molecule has 0 fully saturated rings. The van der Waals surface area contributed by atoms with Crippen LogP contribution >= 0.6 is 11.6 Å². The molecule has 0 aliphatic rings. The van der Waals surface area contributed by atoms with Crippen LogP contribution < -0.4 is 5.01 Å². The zero-order valence-corrected chi connectivity index (χ0v) is 15.2. The normalized spacial score (nSPS) is 14.9. The summed E-state index contributed by atoms with van der Waals surface area (Å²) in [6.45, 7) is 5.59. The third-order valence-electron chi connectivity index (χ3n) is 3.03. The minimum absolute atomic E-state index is 0.245. The molecule has 0 saturated heterocycles. The largest absolute Gasteiger partial charge is 0.463 e. The Morgan fingerprint density at radius 1 is 1.37 bits per heavy atom. The second-order valence-electron chi connectivity index (χ2n) is 5.00. The van der Waals surface area contributed by atoms with Crippen LogP contribution in [0.4, 0.5) is 26.3 Å². The Bertz CT molecular complexity index is 725. The molecule has 13 heteroatoms. The van der Waals surface area contributed by atoms with E-state index in [2.05, 4.69) is 26.5 Å². The Hall–Kier alpha value is -2.24. The number of aliphatic imine (C=N–C) groups is 1. The number of aromatic nitrogens is 3.